The van der Waals surface area contributed by atoms with Gasteiger partial charge >= 0.3 is 0 Å². The molecule has 0 saturated heterocycles. The Bertz CT molecular complexity index is 370. The SMILES string of the molecule is CCCCCCCCCCNC(=S)NNc1ccccn1. The van der Waals surface area contributed by atoms with Crippen molar-refractivity contribution in [1.82, 2.24) is 15.7 Å². The van der Waals surface area contributed by atoms with Gasteiger partial charge in [-0.25, -0.2) is 4.98 Å². The van der Waals surface area contributed by atoms with Crippen LogP contribution in [0.15, 0.2) is 24.4 Å². The van der Waals surface area contributed by atoms with Crippen molar-refractivity contribution in [2.24, 2.45) is 0 Å². The monoisotopic (exact) mass is 308 g/mol. The van der Waals surface area contributed by atoms with Crippen molar-refractivity contribution in [2.75, 3.05) is 12.0 Å². The summed E-state index contributed by atoms with van der Waals surface area (Å²) >= 11 is 5.19. The van der Waals surface area contributed by atoms with Crippen LogP contribution < -0.4 is 16.2 Å². The normalized spacial score (nSPS) is 10.1. The fraction of sp³-hybridized carbons (Fsp3) is 0.625. The number of thiocarbonyl (C=S) groups is 1. The van der Waals surface area contributed by atoms with Gasteiger partial charge in [0.05, 0.1) is 0 Å². The van der Waals surface area contributed by atoms with Gasteiger partial charge in [0.2, 0.25) is 0 Å². The fourth-order valence-corrected chi connectivity index (χ4v) is 2.22. The van der Waals surface area contributed by atoms with Crippen LogP contribution in [-0.2, 0) is 0 Å². The van der Waals surface area contributed by atoms with Gasteiger partial charge < -0.3 is 5.32 Å². The van der Waals surface area contributed by atoms with E-state index in [9.17, 15) is 0 Å². The summed E-state index contributed by atoms with van der Waals surface area (Å²) in [6, 6.07) is 5.69. The van der Waals surface area contributed by atoms with Gasteiger partial charge in [0.1, 0.15) is 5.82 Å². The molecule has 1 heterocycles. The Hall–Kier alpha value is -1.36. The third-order valence-electron chi connectivity index (χ3n) is 3.28. The van der Waals surface area contributed by atoms with E-state index < -0.39 is 0 Å². The third kappa shape index (κ3) is 10.1. The molecule has 1 aromatic heterocycles. The highest BCUT2D eigenvalue weighted by molar-refractivity contribution is 7.80. The van der Waals surface area contributed by atoms with Gasteiger partial charge in [-0.3, -0.25) is 10.9 Å². The number of pyridine rings is 1. The summed E-state index contributed by atoms with van der Waals surface area (Å²) in [6.45, 7) is 3.18. The van der Waals surface area contributed by atoms with Crippen LogP contribution in [0.4, 0.5) is 5.82 Å². The van der Waals surface area contributed by atoms with E-state index in [2.05, 4.69) is 28.1 Å². The van der Waals surface area contributed by atoms with E-state index in [4.69, 9.17) is 12.2 Å². The van der Waals surface area contributed by atoms with Gasteiger partial charge in [-0.05, 0) is 30.8 Å². The zero-order valence-corrected chi connectivity index (χ0v) is 13.8. The van der Waals surface area contributed by atoms with Crippen LogP contribution in [0, 0.1) is 0 Å². The quantitative estimate of drug-likeness (QED) is 0.327. The zero-order valence-electron chi connectivity index (χ0n) is 13.0. The standard InChI is InChI=1S/C16H28N4S/c1-2-3-4-5-6-7-8-10-14-18-16(21)20-19-15-12-9-11-13-17-15/h9,11-13H,2-8,10,14H2,1H3,(H,17,19)(H2,18,20,21). The Morgan fingerprint density at radius 1 is 1.05 bits per heavy atom. The predicted molar refractivity (Wildman–Crippen MR) is 94.2 cm³/mol. The van der Waals surface area contributed by atoms with Crippen molar-refractivity contribution >= 4 is 23.1 Å². The lowest BCUT2D eigenvalue weighted by atomic mass is 10.1. The number of hydrogen-bond acceptors (Lipinski definition) is 3. The van der Waals surface area contributed by atoms with Crippen molar-refractivity contribution in [1.29, 1.82) is 0 Å². The van der Waals surface area contributed by atoms with Gasteiger partial charge in [-0.1, -0.05) is 57.9 Å². The molecule has 3 N–H and O–H groups in total. The van der Waals surface area contributed by atoms with Crippen LogP contribution in [0.5, 0.6) is 0 Å². The topological polar surface area (TPSA) is 49.0 Å². The smallest absolute Gasteiger partial charge is 0.185 e. The van der Waals surface area contributed by atoms with Crippen LogP contribution in [0.1, 0.15) is 58.3 Å². The molecule has 118 valence electrons. The van der Waals surface area contributed by atoms with E-state index in [0.29, 0.717) is 5.11 Å². The molecule has 0 aliphatic carbocycles. The maximum absolute atomic E-state index is 5.19. The van der Waals surface area contributed by atoms with Crippen molar-refractivity contribution < 1.29 is 0 Å². The number of hydrogen-bond donors (Lipinski definition) is 3. The number of hydrazine groups is 1. The molecule has 0 aromatic carbocycles. The molecule has 0 atom stereocenters. The fourth-order valence-electron chi connectivity index (χ4n) is 2.06. The van der Waals surface area contributed by atoms with E-state index in [1.807, 2.05) is 18.2 Å². The molecular weight excluding hydrogens is 280 g/mol. The van der Waals surface area contributed by atoms with E-state index in [1.54, 1.807) is 6.20 Å². The first-order chi connectivity index (χ1) is 10.3. The second kappa shape index (κ2) is 12.4. The minimum atomic E-state index is 0.614. The molecule has 0 amide bonds. The highest BCUT2D eigenvalue weighted by Gasteiger charge is 1.96. The number of anilines is 1. The van der Waals surface area contributed by atoms with Gasteiger partial charge in [0.25, 0.3) is 0 Å². The molecule has 0 fully saturated rings. The lowest BCUT2D eigenvalue weighted by Gasteiger charge is -2.11. The van der Waals surface area contributed by atoms with Crippen molar-refractivity contribution in [3.05, 3.63) is 24.4 Å². The molecule has 21 heavy (non-hydrogen) atoms. The lowest BCUT2D eigenvalue weighted by Crippen LogP contribution is -2.39. The highest BCUT2D eigenvalue weighted by atomic mass is 32.1. The average Bonchev–Trinajstić information content (AvgIpc) is 2.52. The predicted octanol–water partition coefficient (Wildman–Crippen LogP) is 4.01. The number of unbranched alkanes of at least 4 members (excludes halogenated alkanes) is 7. The molecule has 0 spiro atoms. The van der Waals surface area contributed by atoms with Gasteiger partial charge in [-0.15, -0.1) is 0 Å². The summed E-state index contributed by atoms with van der Waals surface area (Å²) in [5, 5.41) is 3.81. The molecule has 0 saturated carbocycles. The van der Waals surface area contributed by atoms with Crippen LogP contribution in [-0.4, -0.2) is 16.6 Å². The summed E-state index contributed by atoms with van der Waals surface area (Å²) in [6.07, 6.45) is 12.3. The largest absolute Gasteiger partial charge is 0.361 e. The second-order valence-electron chi connectivity index (χ2n) is 5.20. The first-order valence-electron chi connectivity index (χ1n) is 8.04. The van der Waals surface area contributed by atoms with E-state index in [-0.39, 0.29) is 0 Å². The van der Waals surface area contributed by atoms with Gasteiger partial charge in [0, 0.05) is 12.7 Å². The summed E-state index contributed by atoms with van der Waals surface area (Å²) in [5.74, 6) is 0.758. The molecular formula is C16H28N4S. The summed E-state index contributed by atoms with van der Waals surface area (Å²) in [4.78, 5) is 4.14. The Morgan fingerprint density at radius 3 is 2.43 bits per heavy atom. The Labute approximate surface area is 134 Å². The summed E-state index contributed by atoms with van der Waals surface area (Å²) in [5.41, 5.74) is 5.89. The first-order valence-corrected chi connectivity index (χ1v) is 8.44. The van der Waals surface area contributed by atoms with Crippen molar-refractivity contribution in [3.8, 4) is 0 Å². The molecule has 0 bridgehead atoms. The Balaban J connectivity index is 1.89. The van der Waals surface area contributed by atoms with E-state index >= 15 is 0 Å². The second-order valence-corrected chi connectivity index (χ2v) is 5.60. The molecule has 0 aliphatic rings. The van der Waals surface area contributed by atoms with Crippen molar-refractivity contribution in [2.45, 2.75) is 58.3 Å². The molecule has 5 heteroatoms. The molecule has 1 rings (SSSR count). The van der Waals surface area contributed by atoms with E-state index in [1.165, 1.54) is 51.4 Å². The molecule has 0 unspecified atom stereocenters. The molecule has 1 aromatic rings. The van der Waals surface area contributed by atoms with Gasteiger partial charge in [0.15, 0.2) is 5.11 Å². The Morgan fingerprint density at radius 2 is 1.76 bits per heavy atom. The number of nitrogens with zero attached hydrogens (tertiary/aromatic N) is 1. The maximum Gasteiger partial charge on any atom is 0.185 e. The zero-order chi connectivity index (χ0) is 15.2. The maximum atomic E-state index is 5.19. The Kier molecular flexibility index (Phi) is 10.4. The van der Waals surface area contributed by atoms with Crippen LogP contribution >= 0.6 is 12.2 Å². The molecule has 0 aliphatic heterocycles. The number of rotatable bonds is 11. The van der Waals surface area contributed by atoms with Crippen LogP contribution in [0.2, 0.25) is 0 Å². The van der Waals surface area contributed by atoms with Gasteiger partial charge in [-0.2, -0.15) is 0 Å². The van der Waals surface area contributed by atoms with E-state index in [0.717, 1.165) is 12.4 Å². The lowest BCUT2D eigenvalue weighted by molar-refractivity contribution is 0.572. The molecule has 0 radical (unpaired) electrons. The number of nitrogens with one attached hydrogen (secondary N) is 3. The summed E-state index contributed by atoms with van der Waals surface area (Å²) in [7, 11) is 0. The van der Waals surface area contributed by atoms with Crippen molar-refractivity contribution in [3.63, 3.8) is 0 Å². The minimum absolute atomic E-state index is 0.614. The first kappa shape index (κ1) is 17.7. The van der Waals surface area contributed by atoms with Crippen LogP contribution in [0.25, 0.3) is 0 Å². The number of aromatic nitrogens is 1. The minimum Gasteiger partial charge on any atom is -0.361 e. The third-order valence-corrected chi connectivity index (χ3v) is 3.53. The average molecular weight is 308 g/mol. The molecule has 4 nitrogen and oxygen atoms in total. The highest BCUT2D eigenvalue weighted by Crippen LogP contribution is 2.07. The van der Waals surface area contributed by atoms with Crippen LogP contribution in [0.3, 0.4) is 0 Å². The summed E-state index contributed by atoms with van der Waals surface area (Å²) < 4.78 is 0.